The second-order valence-corrected chi connectivity index (χ2v) is 15.0. The number of hydrogen-bond acceptors (Lipinski definition) is 16. The highest BCUT2D eigenvalue weighted by molar-refractivity contribution is 8.01. The molecule has 0 aliphatic carbocycles. The Morgan fingerprint density at radius 3 is 2.29 bits per heavy atom. The van der Waals surface area contributed by atoms with Crippen molar-refractivity contribution in [1.82, 2.24) is 20.2 Å². The number of aromatic nitrogens is 3. The van der Waals surface area contributed by atoms with Crippen LogP contribution in [0.4, 0.5) is 29.9 Å². The number of thiazole rings is 1. The van der Waals surface area contributed by atoms with E-state index in [1.54, 1.807) is 10.6 Å². The van der Waals surface area contributed by atoms with Crippen LogP contribution in [0, 0.1) is 13.8 Å². The standard InChI is InChI=1S/C29H31N9O7S3.C2HF3O2/c1-12-6-5-7-13(2)20(12)37-17(31)8-16(30)34-28(37)48-10-14-9-46-24-19(23(40)38(24)21(14)25(41)42)35-22(39)18(15-11-47-27(32)33-15)36-45-29(3,4)26(43)44;3-2(4,5)1(6)7/h5-8,11,19,24H,9-10H2,1-4H3,(H8,30,31,32,33,35,39,41,42,43,44);(H,6,7)/b36-18-;. The highest BCUT2D eigenvalue weighted by atomic mass is 32.2. The molecule has 2 aromatic heterocycles. The summed E-state index contributed by atoms with van der Waals surface area (Å²) in [4.78, 5) is 74.4. The average Bonchev–Trinajstić information content (AvgIpc) is 3.51. The number of hydrogen-bond donors (Lipinski definition) is 6. The number of alkyl halides is 3. The Labute approximate surface area is 321 Å². The van der Waals surface area contributed by atoms with E-state index >= 15 is 0 Å². The van der Waals surface area contributed by atoms with E-state index in [2.05, 4.69) is 20.4 Å². The normalized spacial score (nSPS) is 17.0. The molecule has 2 amide bonds. The van der Waals surface area contributed by atoms with Crippen LogP contribution in [-0.2, 0) is 28.8 Å². The fourth-order valence-corrected chi connectivity index (χ4v) is 8.02. The van der Waals surface area contributed by atoms with Crippen molar-refractivity contribution in [3.05, 3.63) is 57.7 Å². The number of nitrogens with one attached hydrogen (secondary N) is 1. The molecule has 55 heavy (non-hydrogen) atoms. The van der Waals surface area contributed by atoms with E-state index in [4.69, 9.17) is 31.9 Å². The van der Waals surface area contributed by atoms with Gasteiger partial charge in [-0.1, -0.05) is 28.3 Å². The number of carboxylic acid groups (broad SMARTS) is 3. The zero-order chi connectivity index (χ0) is 41.2. The first kappa shape index (κ1) is 42.1. The minimum absolute atomic E-state index is 0.00970. The van der Waals surface area contributed by atoms with Gasteiger partial charge in [-0.3, -0.25) is 14.5 Å². The molecule has 0 spiro atoms. The third-order valence-corrected chi connectivity index (χ3v) is 10.7. The van der Waals surface area contributed by atoms with E-state index in [1.807, 2.05) is 32.0 Å². The summed E-state index contributed by atoms with van der Waals surface area (Å²) < 4.78 is 33.3. The predicted octanol–water partition coefficient (Wildman–Crippen LogP) is 0.592. The van der Waals surface area contributed by atoms with Crippen LogP contribution in [-0.4, -0.2) is 95.2 Å². The number of aliphatic carboxylic acids is 3. The maximum atomic E-state index is 13.4. The van der Waals surface area contributed by atoms with Crippen LogP contribution >= 0.6 is 34.9 Å². The fourth-order valence-electron chi connectivity index (χ4n) is 4.95. The first-order valence-corrected chi connectivity index (χ1v) is 18.3. The van der Waals surface area contributed by atoms with E-state index in [-0.39, 0.29) is 33.8 Å². The van der Waals surface area contributed by atoms with Gasteiger partial charge in [0.25, 0.3) is 11.8 Å². The topological polar surface area (TPSA) is 293 Å². The number of nitrogen functional groups attached to an aromatic ring is 3. The Morgan fingerprint density at radius 2 is 1.76 bits per heavy atom. The van der Waals surface area contributed by atoms with E-state index in [0.29, 0.717) is 16.5 Å². The summed E-state index contributed by atoms with van der Waals surface area (Å²) >= 11 is 3.52. The number of benzene rings is 1. The summed E-state index contributed by atoms with van der Waals surface area (Å²) in [5, 5.41) is 36.0. The Morgan fingerprint density at radius 1 is 1.15 bits per heavy atom. The van der Waals surface area contributed by atoms with Crippen molar-refractivity contribution in [2.24, 2.45) is 5.16 Å². The molecule has 2 aliphatic heterocycles. The smallest absolute Gasteiger partial charge is 0.430 e. The van der Waals surface area contributed by atoms with Crippen molar-refractivity contribution in [3.63, 3.8) is 0 Å². The molecule has 24 heteroatoms. The quantitative estimate of drug-likeness (QED) is 0.0385. The van der Waals surface area contributed by atoms with Gasteiger partial charge in [-0.25, -0.2) is 14.6 Å². The minimum atomic E-state index is -5.19. The Balaban J connectivity index is 0.000000876. The number of nitrogens with zero attached hydrogens (tertiary/aromatic N) is 5. The van der Waals surface area contributed by atoms with Gasteiger partial charge in [-0.2, -0.15) is 17.7 Å². The van der Waals surface area contributed by atoms with Gasteiger partial charge in [0.2, 0.25) is 17.2 Å². The maximum Gasteiger partial charge on any atom is 0.430 e. The van der Waals surface area contributed by atoms with Crippen molar-refractivity contribution in [2.45, 2.75) is 56.0 Å². The number of carbonyl (C=O) groups excluding carboxylic acids is 3. The molecule has 0 saturated carbocycles. The van der Waals surface area contributed by atoms with Crippen LogP contribution in [0.25, 0.3) is 5.69 Å². The number of rotatable bonds is 11. The molecule has 9 N–H and O–H groups in total. The first-order valence-electron chi connectivity index (χ1n) is 15.4. The van der Waals surface area contributed by atoms with Crippen molar-refractivity contribution in [1.29, 1.82) is 0 Å². The van der Waals surface area contributed by atoms with Crippen LogP contribution in [0.15, 0.2) is 51.2 Å². The monoisotopic (exact) mass is 827 g/mol. The van der Waals surface area contributed by atoms with Gasteiger partial charge >= 0.3 is 23.3 Å². The molecule has 2 unspecified atom stereocenters. The molecule has 1 fully saturated rings. The maximum absolute atomic E-state index is 13.4. The molecule has 3 aromatic rings. The summed E-state index contributed by atoms with van der Waals surface area (Å²) in [6, 6.07) is 6.25. The number of nitrogens with two attached hydrogens (primary N) is 3. The van der Waals surface area contributed by atoms with E-state index in [9.17, 15) is 42.6 Å². The molecule has 0 bridgehead atoms. The van der Waals surface area contributed by atoms with Crippen LogP contribution in [0.2, 0.25) is 0 Å². The predicted molar refractivity (Wildman–Crippen MR) is 191 cm³/mol. The number of oxime groups is 1. The van der Waals surface area contributed by atoms with Crippen molar-refractivity contribution >= 4 is 87.1 Å². The molecule has 2 aliphatic rings. The Kier molecular flexibility index (Phi) is 12.6. The molecular formula is C31H32F3N9O9S3. The number of carbonyl (C=O) groups is 5. The zero-order valence-corrected chi connectivity index (χ0v) is 31.5. The largest absolute Gasteiger partial charge is 0.542 e. The third kappa shape index (κ3) is 9.37. The van der Waals surface area contributed by atoms with Crippen molar-refractivity contribution < 1.29 is 61.9 Å². The highest BCUT2D eigenvalue weighted by Gasteiger charge is 2.54. The summed E-state index contributed by atoms with van der Waals surface area (Å²) in [6.07, 6.45) is -5.19. The van der Waals surface area contributed by atoms with Crippen LogP contribution in [0.1, 0.15) is 30.7 Å². The first-order chi connectivity index (χ1) is 25.5. The summed E-state index contributed by atoms with van der Waals surface area (Å²) in [6.45, 7) is 6.37. The van der Waals surface area contributed by atoms with Gasteiger partial charge in [0.05, 0.1) is 6.07 Å². The summed E-state index contributed by atoms with van der Waals surface area (Å²) in [5.74, 6) is -6.25. The van der Waals surface area contributed by atoms with Gasteiger partial charge in [-0.05, 0) is 56.2 Å². The zero-order valence-electron chi connectivity index (χ0n) is 29.0. The average molecular weight is 828 g/mol. The van der Waals surface area contributed by atoms with E-state index < -0.39 is 58.6 Å². The Hall–Kier alpha value is -5.62. The molecule has 18 nitrogen and oxygen atoms in total. The van der Waals surface area contributed by atoms with Crippen molar-refractivity contribution in [2.75, 3.05) is 28.7 Å². The molecular weight excluding hydrogens is 796 g/mol. The summed E-state index contributed by atoms with van der Waals surface area (Å²) in [7, 11) is 0. The van der Waals surface area contributed by atoms with Crippen molar-refractivity contribution in [3.8, 4) is 5.69 Å². The minimum Gasteiger partial charge on any atom is -0.542 e. The number of amides is 2. The lowest BCUT2D eigenvalue weighted by Gasteiger charge is -2.49. The number of β-lactam (4-membered cyclic amide) rings is 1. The van der Waals surface area contributed by atoms with E-state index in [1.165, 1.54) is 42.8 Å². The van der Waals surface area contributed by atoms with Crippen LogP contribution in [0.3, 0.4) is 0 Å². The van der Waals surface area contributed by atoms with Gasteiger partial charge < -0.3 is 47.5 Å². The summed E-state index contributed by atoms with van der Waals surface area (Å²) in [5.41, 5.74) is 19.0. The molecule has 1 saturated heterocycles. The fraction of sp³-hybridized carbons (Fsp3) is 0.323. The molecule has 5 rings (SSSR count). The molecule has 0 radical (unpaired) electrons. The second-order valence-electron chi connectivity index (χ2n) is 12.1. The van der Waals surface area contributed by atoms with Gasteiger partial charge in [0.15, 0.2) is 10.8 Å². The lowest BCUT2D eigenvalue weighted by atomic mass is 10.0. The number of anilines is 3. The highest BCUT2D eigenvalue weighted by Crippen LogP contribution is 2.41. The van der Waals surface area contributed by atoms with Gasteiger partial charge in [-0.15, -0.1) is 23.1 Å². The lowest BCUT2D eigenvalue weighted by molar-refractivity contribution is -0.626. The van der Waals surface area contributed by atoms with Crippen LogP contribution in [0.5, 0.6) is 0 Å². The molecule has 2 atom stereocenters. The number of aryl methyl sites for hydroxylation is 2. The lowest BCUT2D eigenvalue weighted by Crippen LogP contribution is -2.71. The second kappa shape index (κ2) is 16.4. The molecule has 1 aromatic carbocycles. The van der Waals surface area contributed by atoms with E-state index in [0.717, 1.165) is 33.1 Å². The number of thioether (sulfide) groups is 2. The number of para-hydroxylation sites is 1. The third-order valence-electron chi connectivity index (χ3n) is 7.64. The number of carboxylic acids is 3. The molecule has 294 valence electrons. The molecule has 4 heterocycles. The number of halogens is 3. The van der Waals surface area contributed by atoms with Gasteiger partial charge in [0.1, 0.15) is 34.5 Å². The van der Waals surface area contributed by atoms with Crippen LogP contribution < -0.4 is 32.2 Å². The Bertz CT molecular complexity index is 2110. The number of fused-ring (bicyclic) bond motifs is 1. The SMILES string of the molecule is Cc1cccc(C)c1-[n+]1c(N)cc(N)nc1SCC1=C(C(=O)O)N2C(=O)C(NC(=O)/C(=N\OC(C)(C)C(=O)O)c3csc(N)n3)C2SC1.O=C([O-])C(F)(F)F. The van der Waals surface area contributed by atoms with Gasteiger partial charge in [0, 0.05) is 16.9 Å².